The van der Waals surface area contributed by atoms with Crippen molar-refractivity contribution in [3.8, 4) is 5.75 Å². The van der Waals surface area contributed by atoms with E-state index in [-0.39, 0.29) is 0 Å². The molecule has 17 heavy (non-hydrogen) atoms. The minimum absolute atomic E-state index is 0.504. The maximum atomic E-state index is 11.9. The van der Waals surface area contributed by atoms with E-state index in [1.165, 1.54) is 0 Å². The van der Waals surface area contributed by atoms with Gasteiger partial charge in [0.15, 0.2) is 5.75 Å². The lowest BCUT2D eigenvalue weighted by Gasteiger charge is -1.95. The average molecular weight is 243 g/mol. The fourth-order valence-electron chi connectivity index (χ4n) is 1.37. The van der Waals surface area contributed by atoms with Crippen LogP contribution >= 0.6 is 8.03 Å². The lowest BCUT2D eigenvalue weighted by atomic mass is 10.2. The van der Waals surface area contributed by atoms with E-state index < -0.39 is 8.03 Å². The highest BCUT2D eigenvalue weighted by molar-refractivity contribution is 7.52. The van der Waals surface area contributed by atoms with Gasteiger partial charge in [-0.2, -0.15) is 0 Å². The van der Waals surface area contributed by atoms with Gasteiger partial charge in [-0.05, 0) is 23.3 Å². The number of para-hydroxylation sites is 1. The van der Waals surface area contributed by atoms with Gasteiger partial charge in [0.2, 0.25) is 5.31 Å². The summed E-state index contributed by atoms with van der Waals surface area (Å²) >= 11 is 0. The van der Waals surface area contributed by atoms with Gasteiger partial charge in [0.1, 0.15) is 0 Å². The zero-order valence-corrected chi connectivity index (χ0v) is 10.1. The molecule has 0 aromatic heterocycles. The van der Waals surface area contributed by atoms with E-state index in [4.69, 9.17) is 4.52 Å². The molecule has 0 aliphatic rings. The molecule has 3 heteroatoms. The third kappa shape index (κ3) is 3.02. The second-order valence-corrected chi connectivity index (χ2v) is 4.71. The summed E-state index contributed by atoms with van der Waals surface area (Å²) in [7, 11) is -1.94. The second kappa shape index (κ2) is 5.42. The number of hydrogen-bond acceptors (Lipinski definition) is 2. The van der Waals surface area contributed by atoms with Crippen molar-refractivity contribution in [1.29, 1.82) is 0 Å². The molecule has 0 heterocycles. The lowest BCUT2D eigenvalue weighted by molar-refractivity contribution is 0.515. The largest absolute Gasteiger partial charge is 0.597 e. The Kier molecular flexibility index (Phi) is 3.69. The zero-order valence-electron chi connectivity index (χ0n) is 9.24. The van der Waals surface area contributed by atoms with Gasteiger partial charge in [-0.1, -0.05) is 48.5 Å². The summed E-state index contributed by atoms with van der Waals surface area (Å²) in [5, 5.41) is 0.504. The predicted octanol–water partition coefficient (Wildman–Crippen LogP) is 4.48. The van der Waals surface area contributed by atoms with Crippen molar-refractivity contribution >= 4 is 13.3 Å². The molecule has 0 amide bonds. The molecule has 2 aromatic carbocycles. The van der Waals surface area contributed by atoms with Crippen molar-refractivity contribution in [2.45, 2.75) is 0 Å². The molecule has 2 aromatic rings. The molecule has 0 aliphatic carbocycles. The van der Waals surface area contributed by atoms with Gasteiger partial charge in [0.25, 0.3) is 0 Å². The van der Waals surface area contributed by atoms with Crippen molar-refractivity contribution in [1.82, 2.24) is 0 Å². The van der Waals surface area contributed by atoms with Crippen LogP contribution in [0.3, 0.4) is 0 Å². The Morgan fingerprint density at radius 3 is 2.06 bits per heavy atom. The summed E-state index contributed by atoms with van der Waals surface area (Å²) in [4.78, 5) is 0. The van der Waals surface area contributed by atoms with E-state index in [1.807, 2.05) is 48.5 Å². The molecular formula is C14H12O2P+. The molecule has 0 fully saturated rings. The van der Waals surface area contributed by atoms with Gasteiger partial charge in [0, 0.05) is 5.56 Å². The molecule has 0 saturated heterocycles. The summed E-state index contributed by atoms with van der Waals surface area (Å²) < 4.78 is 17.3. The number of benzene rings is 2. The minimum atomic E-state index is -1.94. The third-order valence-electron chi connectivity index (χ3n) is 2.26. The van der Waals surface area contributed by atoms with E-state index in [2.05, 4.69) is 6.58 Å². The molecule has 0 radical (unpaired) electrons. The van der Waals surface area contributed by atoms with Crippen LogP contribution in [0.2, 0.25) is 0 Å². The minimum Gasteiger partial charge on any atom is -0.250 e. The van der Waals surface area contributed by atoms with Crippen LogP contribution in [0.15, 0.2) is 67.2 Å². The van der Waals surface area contributed by atoms with E-state index in [0.717, 1.165) is 5.56 Å². The van der Waals surface area contributed by atoms with E-state index in [9.17, 15) is 4.57 Å². The Bertz CT molecular complexity index is 520. The Balaban J connectivity index is 2.09. The monoisotopic (exact) mass is 243 g/mol. The maximum Gasteiger partial charge on any atom is 0.597 e. The Hall–Kier alpha value is -1.92. The van der Waals surface area contributed by atoms with E-state index in [0.29, 0.717) is 11.1 Å². The second-order valence-electron chi connectivity index (χ2n) is 3.47. The van der Waals surface area contributed by atoms with Crippen molar-refractivity contribution < 1.29 is 9.09 Å². The molecular weight excluding hydrogens is 231 g/mol. The lowest BCUT2D eigenvalue weighted by Crippen LogP contribution is -1.84. The molecule has 1 atom stereocenters. The summed E-state index contributed by atoms with van der Waals surface area (Å²) in [6.07, 6.45) is 0. The Labute approximate surface area is 101 Å². The molecule has 0 N–H and O–H groups in total. The van der Waals surface area contributed by atoms with Crippen LogP contribution in [-0.4, -0.2) is 0 Å². The van der Waals surface area contributed by atoms with Crippen LogP contribution in [-0.2, 0) is 4.57 Å². The quantitative estimate of drug-likeness (QED) is 0.740. The first-order valence-corrected chi connectivity index (χ1v) is 6.40. The van der Waals surface area contributed by atoms with Gasteiger partial charge in [-0.3, -0.25) is 4.52 Å². The van der Waals surface area contributed by atoms with Crippen LogP contribution < -0.4 is 4.52 Å². The summed E-state index contributed by atoms with van der Waals surface area (Å²) in [6.45, 7) is 3.81. The highest BCUT2D eigenvalue weighted by Gasteiger charge is 2.26. The standard InChI is InChI=1S/C14H12O2P/c1-12(13-8-4-2-5-9-13)17(15)16-14-10-6-3-7-11-14/h2-11H,1H2/q+1. The number of hydrogen-bond donors (Lipinski definition) is 0. The third-order valence-corrected chi connectivity index (χ3v) is 3.33. The zero-order chi connectivity index (χ0) is 12.1. The van der Waals surface area contributed by atoms with Crippen LogP contribution in [0.4, 0.5) is 0 Å². The molecule has 0 bridgehead atoms. The molecule has 0 spiro atoms. The summed E-state index contributed by atoms with van der Waals surface area (Å²) in [5.74, 6) is 0.589. The van der Waals surface area contributed by atoms with Gasteiger partial charge in [-0.25, -0.2) is 0 Å². The first-order chi connectivity index (χ1) is 8.27. The Morgan fingerprint density at radius 1 is 0.941 bits per heavy atom. The fraction of sp³-hybridized carbons (Fsp3) is 0. The molecule has 0 aliphatic heterocycles. The molecule has 84 valence electrons. The maximum absolute atomic E-state index is 11.9. The van der Waals surface area contributed by atoms with Crippen LogP contribution in [0, 0.1) is 0 Å². The van der Waals surface area contributed by atoms with Crippen LogP contribution in [0.25, 0.3) is 5.31 Å². The van der Waals surface area contributed by atoms with Crippen molar-refractivity contribution in [3.63, 3.8) is 0 Å². The van der Waals surface area contributed by atoms with Crippen molar-refractivity contribution in [3.05, 3.63) is 72.8 Å². The fourth-order valence-corrected chi connectivity index (χ4v) is 2.15. The van der Waals surface area contributed by atoms with Crippen LogP contribution in [0.5, 0.6) is 5.75 Å². The summed E-state index contributed by atoms with van der Waals surface area (Å²) in [5.41, 5.74) is 0.838. The molecule has 2 rings (SSSR count). The number of rotatable bonds is 4. The first kappa shape index (κ1) is 11.6. The molecule has 2 nitrogen and oxygen atoms in total. The van der Waals surface area contributed by atoms with E-state index >= 15 is 0 Å². The SMILES string of the molecule is C=C(c1ccccc1)[P+](=O)Oc1ccccc1. The Morgan fingerprint density at radius 2 is 1.47 bits per heavy atom. The van der Waals surface area contributed by atoms with Gasteiger partial charge >= 0.3 is 8.03 Å². The van der Waals surface area contributed by atoms with Gasteiger partial charge < -0.3 is 0 Å². The predicted molar refractivity (Wildman–Crippen MR) is 70.2 cm³/mol. The van der Waals surface area contributed by atoms with Gasteiger partial charge in [0.05, 0.1) is 0 Å². The van der Waals surface area contributed by atoms with E-state index in [1.54, 1.807) is 12.1 Å². The first-order valence-electron chi connectivity index (χ1n) is 5.22. The van der Waals surface area contributed by atoms with Gasteiger partial charge in [-0.15, -0.1) is 0 Å². The molecule has 1 unspecified atom stereocenters. The molecule has 0 saturated carbocycles. The normalized spacial score (nSPS) is 10.7. The average Bonchev–Trinajstić information content (AvgIpc) is 2.40. The highest BCUT2D eigenvalue weighted by Crippen LogP contribution is 2.40. The summed E-state index contributed by atoms with van der Waals surface area (Å²) in [6, 6.07) is 18.5. The van der Waals surface area contributed by atoms with Crippen molar-refractivity contribution in [2.24, 2.45) is 0 Å². The van der Waals surface area contributed by atoms with Crippen LogP contribution in [0.1, 0.15) is 5.56 Å². The topological polar surface area (TPSA) is 26.3 Å². The smallest absolute Gasteiger partial charge is 0.250 e. The highest BCUT2D eigenvalue weighted by atomic mass is 31.1. The van der Waals surface area contributed by atoms with Crippen molar-refractivity contribution in [2.75, 3.05) is 0 Å².